The number of amides is 2. The van der Waals surface area contributed by atoms with Gasteiger partial charge in [0.25, 0.3) is 0 Å². The predicted molar refractivity (Wildman–Crippen MR) is 132 cm³/mol. The third-order valence-electron chi connectivity index (χ3n) is 5.79. The van der Waals surface area contributed by atoms with E-state index in [0.717, 1.165) is 16.9 Å². The topological polar surface area (TPSA) is 133 Å². The second-order valence-electron chi connectivity index (χ2n) is 8.40. The number of pyridine rings is 1. The molecule has 2 aliphatic rings. The Labute approximate surface area is 198 Å². The Morgan fingerprint density at radius 3 is 2.47 bits per heavy atom. The molecule has 0 spiro atoms. The van der Waals surface area contributed by atoms with Crippen molar-refractivity contribution >= 4 is 33.8 Å². The molecule has 2 amide bonds. The molecule has 0 saturated carbocycles. The highest BCUT2D eigenvalue weighted by Gasteiger charge is 2.34. The molecule has 1 unspecified atom stereocenters. The quantitative estimate of drug-likeness (QED) is 0.435. The Morgan fingerprint density at radius 1 is 1.06 bits per heavy atom. The minimum absolute atomic E-state index is 0.119. The molecule has 0 aliphatic carbocycles. The van der Waals surface area contributed by atoms with Gasteiger partial charge in [0.05, 0.1) is 36.5 Å². The standard InChI is InChI=1S/C23H26N6O4S/c1-15-12-33-11-10-29(15)22-19-13-34(31,32)14-20(19)27-21(28-22)16-2-4-17(5-3-16)25-23(30)26-18-6-8-24-9-7-18/h2-9,15,31-32H,10-14H2,1H3,(H2,24,25,26,30). The lowest BCUT2D eigenvalue weighted by atomic mass is 10.1. The molecule has 0 radical (unpaired) electrons. The normalized spacial score (nSPS) is 19.9. The van der Waals surface area contributed by atoms with Gasteiger partial charge in [-0.1, -0.05) is 0 Å². The van der Waals surface area contributed by atoms with Gasteiger partial charge in [-0.05, 0) is 43.3 Å². The maximum Gasteiger partial charge on any atom is 0.323 e. The van der Waals surface area contributed by atoms with Crippen LogP contribution in [0.1, 0.15) is 18.2 Å². The summed E-state index contributed by atoms with van der Waals surface area (Å²) < 4.78 is 26.3. The largest absolute Gasteiger partial charge is 0.377 e. The number of rotatable bonds is 4. The van der Waals surface area contributed by atoms with Crippen molar-refractivity contribution < 1.29 is 18.6 Å². The van der Waals surface area contributed by atoms with Gasteiger partial charge in [-0.25, -0.2) is 14.8 Å². The van der Waals surface area contributed by atoms with Crippen LogP contribution in [0.2, 0.25) is 0 Å². The van der Waals surface area contributed by atoms with E-state index in [4.69, 9.17) is 9.72 Å². The highest BCUT2D eigenvalue weighted by atomic mass is 32.3. The number of ether oxygens (including phenoxy) is 1. The summed E-state index contributed by atoms with van der Waals surface area (Å²) in [6.45, 7) is 3.93. The molecular weight excluding hydrogens is 456 g/mol. The summed E-state index contributed by atoms with van der Waals surface area (Å²) in [6.07, 6.45) is 3.21. The SMILES string of the molecule is CC1COCCN1c1nc(-c2ccc(NC(=O)Nc3ccncc3)cc2)nc2c1CS(O)(O)C2. The van der Waals surface area contributed by atoms with E-state index in [9.17, 15) is 13.9 Å². The lowest BCUT2D eigenvalue weighted by Gasteiger charge is -2.35. The number of hydrogen-bond acceptors (Lipinski definition) is 8. The van der Waals surface area contributed by atoms with Crippen molar-refractivity contribution in [1.29, 1.82) is 0 Å². The van der Waals surface area contributed by atoms with Gasteiger partial charge in [0.2, 0.25) is 0 Å². The van der Waals surface area contributed by atoms with Gasteiger partial charge in [0, 0.05) is 41.4 Å². The average Bonchev–Trinajstić information content (AvgIpc) is 3.14. The van der Waals surface area contributed by atoms with E-state index in [1.807, 2.05) is 12.1 Å². The predicted octanol–water partition coefficient (Wildman–Crippen LogP) is 4.17. The van der Waals surface area contributed by atoms with Crippen LogP contribution >= 0.6 is 10.6 Å². The number of morpholine rings is 1. The minimum Gasteiger partial charge on any atom is -0.377 e. The van der Waals surface area contributed by atoms with E-state index in [1.54, 1.807) is 36.7 Å². The third-order valence-corrected chi connectivity index (χ3v) is 7.28. The van der Waals surface area contributed by atoms with Gasteiger partial charge >= 0.3 is 6.03 Å². The molecule has 34 heavy (non-hydrogen) atoms. The van der Waals surface area contributed by atoms with Crippen LogP contribution < -0.4 is 15.5 Å². The summed E-state index contributed by atoms with van der Waals surface area (Å²) in [5.41, 5.74) is 3.52. The number of aromatic nitrogens is 3. The number of nitrogens with zero attached hydrogens (tertiary/aromatic N) is 4. The highest BCUT2D eigenvalue weighted by Crippen LogP contribution is 2.54. The first-order chi connectivity index (χ1) is 16.4. The van der Waals surface area contributed by atoms with Crippen LogP contribution in [0.3, 0.4) is 0 Å². The second kappa shape index (κ2) is 9.18. The number of anilines is 3. The summed E-state index contributed by atoms with van der Waals surface area (Å²) >= 11 is 0. The number of urea groups is 1. The number of fused-ring (bicyclic) bond motifs is 1. The van der Waals surface area contributed by atoms with Gasteiger partial charge in [0.1, 0.15) is 5.82 Å². The summed E-state index contributed by atoms with van der Waals surface area (Å²) in [6, 6.07) is 10.4. The van der Waals surface area contributed by atoms with E-state index in [-0.39, 0.29) is 23.6 Å². The number of carbonyl (C=O) groups excluding carboxylic acids is 1. The molecule has 178 valence electrons. The van der Waals surface area contributed by atoms with E-state index in [1.165, 1.54) is 0 Å². The molecule has 1 atom stereocenters. The first kappa shape index (κ1) is 22.5. The zero-order chi connectivity index (χ0) is 23.7. The summed E-state index contributed by atoms with van der Waals surface area (Å²) in [5.74, 6) is 1.57. The fourth-order valence-corrected chi connectivity index (χ4v) is 5.66. The summed E-state index contributed by atoms with van der Waals surface area (Å²) in [7, 11) is -2.75. The molecule has 1 saturated heterocycles. The molecule has 2 aromatic heterocycles. The summed E-state index contributed by atoms with van der Waals surface area (Å²) in [5, 5.41) is 5.54. The lowest BCUT2D eigenvalue weighted by molar-refractivity contribution is 0.0984. The van der Waals surface area contributed by atoms with Gasteiger partial charge in [-0.2, -0.15) is 10.6 Å². The van der Waals surface area contributed by atoms with E-state index in [0.29, 0.717) is 42.7 Å². The molecule has 0 bridgehead atoms. The molecule has 4 heterocycles. The van der Waals surface area contributed by atoms with Crippen LogP contribution in [0.4, 0.5) is 22.0 Å². The first-order valence-electron chi connectivity index (χ1n) is 10.9. The lowest BCUT2D eigenvalue weighted by Crippen LogP contribution is -2.44. The second-order valence-corrected chi connectivity index (χ2v) is 10.6. The van der Waals surface area contributed by atoms with E-state index in [2.05, 4.69) is 32.4 Å². The van der Waals surface area contributed by atoms with E-state index < -0.39 is 10.6 Å². The van der Waals surface area contributed by atoms with Crippen LogP contribution in [0.25, 0.3) is 11.4 Å². The first-order valence-corrected chi connectivity index (χ1v) is 12.8. The van der Waals surface area contributed by atoms with Crippen LogP contribution in [0, 0.1) is 0 Å². The Kier molecular flexibility index (Phi) is 6.09. The third kappa shape index (κ3) is 4.82. The van der Waals surface area contributed by atoms with Crippen LogP contribution in [-0.4, -0.2) is 55.9 Å². The monoisotopic (exact) mass is 482 g/mol. The van der Waals surface area contributed by atoms with Crippen LogP contribution in [-0.2, 0) is 16.2 Å². The van der Waals surface area contributed by atoms with Gasteiger partial charge in [0.15, 0.2) is 5.82 Å². The highest BCUT2D eigenvalue weighted by molar-refractivity contribution is 8.23. The average molecular weight is 483 g/mol. The van der Waals surface area contributed by atoms with Gasteiger partial charge < -0.3 is 20.3 Å². The molecule has 4 N–H and O–H groups in total. The molecule has 3 aromatic rings. The number of hydrogen-bond donors (Lipinski definition) is 4. The number of nitrogens with one attached hydrogen (secondary N) is 2. The Hall–Kier alpha value is -3.25. The molecular formula is C23H26N6O4S. The van der Waals surface area contributed by atoms with E-state index >= 15 is 0 Å². The van der Waals surface area contributed by atoms with Crippen molar-refractivity contribution in [1.82, 2.24) is 15.0 Å². The van der Waals surface area contributed by atoms with Crippen LogP contribution in [0.5, 0.6) is 0 Å². The van der Waals surface area contributed by atoms with Crippen LogP contribution in [0.15, 0.2) is 48.8 Å². The fourth-order valence-electron chi connectivity index (χ4n) is 4.13. The van der Waals surface area contributed by atoms with Crippen molar-refractivity contribution in [3.63, 3.8) is 0 Å². The Morgan fingerprint density at radius 2 is 1.76 bits per heavy atom. The zero-order valence-corrected chi connectivity index (χ0v) is 19.5. The van der Waals surface area contributed by atoms with Gasteiger partial charge in [-0.15, -0.1) is 0 Å². The minimum atomic E-state index is -2.75. The molecule has 10 nitrogen and oxygen atoms in total. The van der Waals surface area contributed by atoms with Crippen molar-refractivity contribution in [2.45, 2.75) is 24.5 Å². The maximum absolute atomic E-state index is 12.2. The van der Waals surface area contributed by atoms with Gasteiger partial charge in [-0.3, -0.25) is 14.1 Å². The summed E-state index contributed by atoms with van der Waals surface area (Å²) in [4.78, 5) is 27.9. The molecule has 5 rings (SSSR count). The number of benzene rings is 1. The smallest absolute Gasteiger partial charge is 0.323 e. The molecule has 2 aliphatic heterocycles. The maximum atomic E-state index is 12.2. The zero-order valence-electron chi connectivity index (χ0n) is 18.6. The van der Waals surface area contributed by atoms with Crippen molar-refractivity contribution in [3.05, 3.63) is 60.0 Å². The Balaban J connectivity index is 1.39. The molecule has 11 heteroatoms. The van der Waals surface area contributed by atoms with Crippen molar-refractivity contribution in [3.8, 4) is 11.4 Å². The molecule has 1 fully saturated rings. The number of carbonyl (C=O) groups is 1. The fraction of sp³-hybridized carbons (Fsp3) is 0.304. The molecule has 1 aromatic carbocycles. The Bertz CT molecular complexity index is 1190. The van der Waals surface area contributed by atoms with Crippen molar-refractivity contribution in [2.24, 2.45) is 0 Å². The van der Waals surface area contributed by atoms with Crippen molar-refractivity contribution in [2.75, 3.05) is 35.3 Å².